The molecule has 0 amide bonds. The van der Waals surface area contributed by atoms with Gasteiger partial charge >= 0.3 is 17.9 Å². The van der Waals surface area contributed by atoms with Crippen LogP contribution in [0.1, 0.15) is 32.4 Å². The van der Waals surface area contributed by atoms with Crippen LogP contribution >= 0.6 is 0 Å². The second kappa shape index (κ2) is 7.80. The third-order valence-electron chi connectivity index (χ3n) is 4.32. The van der Waals surface area contributed by atoms with E-state index in [4.69, 9.17) is 14.2 Å². The molecule has 0 aliphatic carbocycles. The second-order valence-electron chi connectivity index (χ2n) is 6.37. The lowest BCUT2D eigenvalue weighted by atomic mass is 10.0. The van der Waals surface area contributed by atoms with Gasteiger partial charge in [0.15, 0.2) is 12.2 Å². The molecule has 1 aliphatic heterocycles. The molecule has 2 aromatic rings. The standard InChI is InChI=1S/C17H20N4O7/c1-7(22)26-5-11-15(27-8(2)23)16(28-9(3)24)13(21-11)10-4-18-14-12(10)19-6-20-17(14)25/h4,6,11,13,15-16,18,21H,5H2,1-3H3,(H,19,20,25)/t11-,13+,15-,16-/m1/s1. The minimum Gasteiger partial charge on any atom is -0.492 e. The van der Waals surface area contributed by atoms with Crippen molar-refractivity contribution in [3.63, 3.8) is 0 Å². The van der Waals surface area contributed by atoms with Crippen molar-refractivity contribution < 1.29 is 33.7 Å². The van der Waals surface area contributed by atoms with E-state index >= 15 is 0 Å². The molecule has 0 bridgehead atoms. The molecule has 3 N–H and O–H groups in total. The van der Waals surface area contributed by atoms with Crippen molar-refractivity contribution in [2.45, 2.75) is 45.1 Å². The largest absolute Gasteiger partial charge is 0.492 e. The highest BCUT2D eigenvalue weighted by Crippen LogP contribution is 2.36. The Labute approximate surface area is 159 Å². The Bertz CT molecular complexity index is 912. The number of nitrogens with one attached hydrogen (secondary N) is 2. The number of hydrogen-bond acceptors (Lipinski definition) is 10. The lowest BCUT2D eigenvalue weighted by Crippen LogP contribution is -2.41. The van der Waals surface area contributed by atoms with Crippen LogP contribution in [-0.2, 0) is 28.6 Å². The zero-order valence-corrected chi connectivity index (χ0v) is 15.5. The number of carbonyl (C=O) groups excluding carboxylic acids is 3. The number of ether oxygens (including phenoxy) is 3. The summed E-state index contributed by atoms with van der Waals surface area (Å²) in [6.45, 7) is 3.64. The summed E-state index contributed by atoms with van der Waals surface area (Å²) >= 11 is 0. The number of aromatic hydroxyl groups is 1. The number of fused-ring (bicyclic) bond motifs is 1. The van der Waals surface area contributed by atoms with Crippen LogP contribution in [0, 0.1) is 0 Å². The molecule has 4 atom stereocenters. The first kappa shape index (κ1) is 19.5. The molecule has 0 aromatic carbocycles. The minimum atomic E-state index is -0.905. The molecule has 3 rings (SSSR count). The van der Waals surface area contributed by atoms with E-state index in [2.05, 4.69) is 20.3 Å². The van der Waals surface area contributed by atoms with Gasteiger partial charge in [0.25, 0.3) is 0 Å². The van der Waals surface area contributed by atoms with Gasteiger partial charge in [0.2, 0.25) is 5.88 Å². The van der Waals surface area contributed by atoms with E-state index in [1.165, 1.54) is 27.1 Å². The third-order valence-corrected chi connectivity index (χ3v) is 4.32. The van der Waals surface area contributed by atoms with Crippen molar-refractivity contribution in [2.24, 2.45) is 0 Å². The molecule has 0 radical (unpaired) electrons. The van der Waals surface area contributed by atoms with Crippen LogP contribution in [0.3, 0.4) is 0 Å². The van der Waals surface area contributed by atoms with E-state index < -0.39 is 42.2 Å². The zero-order valence-electron chi connectivity index (χ0n) is 15.5. The number of esters is 3. The topological polar surface area (TPSA) is 153 Å². The summed E-state index contributed by atoms with van der Waals surface area (Å²) in [5.41, 5.74) is 1.30. The summed E-state index contributed by atoms with van der Waals surface area (Å²) in [6.07, 6.45) is 0.987. The maximum Gasteiger partial charge on any atom is 0.303 e. The zero-order chi connectivity index (χ0) is 20.4. The second-order valence-corrected chi connectivity index (χ2v) is 6.37. The number of rotatable bonds is 5. The van der Waals surface area contributed by atoms with Crippen molar-refractivity contribution in [1.82, 2.24) is 20.3 Å². The van der Waals surface area contributed by atoms with Crippen molar-refractivity contribution in [3.05, 3.63) is 18.1 Å². The normalized spacial score (nSPS) is 24.1. The van der Waals surface area contributed by atoms with E-state index in [0.29, 0.717) is 16.6 Å². The molecule has 0 spiro atoms. The maximum absolute atomic E-state index is 11.7. The van der Waals surface area contributed by atoms with Crippen LogP contribution in [0.5, 0.6) is 5.88 Å². The highest BCUT2D eigenvalue weighted by Gasteiger charge is 2.49. The summed E-state index contributed by atoms with van der Waals surface area (Å²) in [7, 11) is 0. The number of carbonyl (C=O) groups is 3. The van der Waals surface area contributed by atoms with Gasteiger partial charge in [0, 0.05) is 32.5 Å². The van der Waals surface area contributed by atoms with E-state index in [-0.39, 0.29) is 12.5 Å². The van der Waals surface area contributed by atoms with Crippen LogP contribution in [0.15, 0.2) is 12.5 Å². The number of nitrogens with zero attached hydrogens (tertiary/aromatic N) is 2. The lowest BCUT2D eigenvalue weighted by Gasteiger charge is -2.24. The smallest absolute Gasteiger partial charge is 0.303 e. The molecule has 28 heavy (non-hydrogen) atoms. The van der Waals surface area contributed by atoms with Gasteiger partial charge in [-0.2, -0.15) is 0 Å². The van der Waals surface area contributed by atoms with E-state index in [1.54, 1.807) is 6.20 Å². The Morgan fingerprint density at radius 1 is 1.07 bits per heavy atom. The van der Waals surface area contributed by atoms with E-state index in [9.17, 15) is 19.5 Å². The van der Waals surface area contributed by atoms with Gasteiger partial charge in [-0.3, -0.25) is 19.7 Å². The van der Waals surface area contributed by atoms with Crippen LogP contribution < -0.4 is 5.32 Å². The summed E-state index contributed by atoms with van der Waals surface area (Å²) < 4.78 is 15.9. The molecule has 1 fully saturated rings. The van der Waals surface area contributed by atoms with E-state index in [1.807, 2.05) is 0 Å². The number of hydrogen-bond donors (Lipinski definition) is 3. The van der Waals surface area contributed by atoms with E-state index in [0.717, 1.165) is 0 Å². The van der Waals surface area contributed by atoms with Crippen LogP contribution in [-0.4, -0.2) is 62.8 Å². The molecular formula is C17H20N4O7. The predicted octanol–water partition coefficient (Wildman–Crippen LogP) is 0.103. The Morgan fingerprint density at radius 2 is 1.75 bits per heavy atom. The Balaban J connectivity index is 2.01. The molecule has 1 aliphatic rings. The molecule has 150 valence electrons. The molecule has 2 aromatic heterocycles. The number of H-pyrrole nitrogens is 1. The quantitative estimate of drug-likeness (QED) is 0.472. The van der Waals surface area contributed by atoms with Crippen molar-refractivity contribution >= 4 is 28.9 Å². The highest BCUT2D eigenvalue weighted by atomic mass is 16.6. The fraction of sp³-hybridized carbons (Fsp3) is 0.471. The van der Waals surface area contributed by atoms with Gasteiger partial charge in [-0.1, -0.05) is 0 Å². The number of aromatic nitrogens is 3. The van der Waals surface area contributed by atoms with Gasteiger partial charge in [-0.25, -0.2) is 9.97 Å². The molecule has 1 saturated heterocycles. The van der Waals surface area contributed by atoms with Gasteiger partial charge in [-0.05, 0) is 0 Å². The Hall–Kier alpha value is -3.21. The summed E-state index contributed by atoms with van der Waals surface area (Å²) in [5.74, 6) is -1.87. The van der Waals surface area contributed by atoms with Gasteiger partial charge in [0.05, 0.1) is 12.1 Å². The first-order valence-corrected chi connectivity index (χ1v) is 8.52. The average molecular weight is 392 g/mol. The first-order valence-electron chi connectivity index (χ1n) is 8.52. The van der Waals surface area contributed by atoms with Crippen molar-refractivity contribution in [3.8, 4) is 5.88 Å². The Kier molecular flexibility index (Phi) is 5.45. The third kappa shape index (κ3) is 3.88. The van der Waals surface area contributed by atoms with Gasteiger partial charge < -0.3 is 24.3 Å². The molecule has 0 saturated carbocycles. The van der Waals surface area contributed by atoms with Crippen LogP contribution in [0.25, 0.3) is 11.0 Å². The fourth-order valence-corrected chi connectivity index (χ4v) is 3.31. The average Bonchev–Trinajstić information content (AvgIpc) is 3.16. The van der Waals surface area contributed by atoms with Gasteiger partial charge in [-0.15, -0.1) is 0 Å². The van der Waals surface area contributed by atoms with Gasteiger partial charge in [0.1, 0.15) is 24.0 Å². The summed E-state index contributed by atoms with van der Waals surface area (Å²) in [5, 5.41) is 13.1. The molecule has 11 nitrogen and oxygen atoms in total. The lowest BCUT2D eigenvalue weighted by molar-refractivity contribution is -0.165. The van der Waals surface area contributed by atoms with Crippen LogP contribution in [0.2, 0.25) is 0 Å². The molecule has 11 heteroatoms. The predicted molar refractivity (Wildman–Crippen MR) is 93.0 cm³/mol. The van der Waals surface area contributed by atoms with Crippen molar-refractivity contribution in [1.29, 1.82) is 0 Å². The summed E-state index contributed by atoms with van der Waals surface area (Å²) in [6, 6.07) is -1.26. The Morgan fingerprint density at radius 3 is 2.39 bits per heavy atom. The molecular weight excluding hydrogens is 372 g/mol. The minimum absolute atomic E-state index is 0.0931. The molecule has 3 heterocycles. The maximum atomic E-state index is 11.7. The summed E-state index contributed by atoms with van der Waals surface area (Å²) in [4.78, 5) is 45.3. The molecule has 0 unspecified atom stereocenters. The van der Waals surface area contributed by atoms with Crippen molar-refractivity contribution in [2.75, 3.05) is 6.61 Å². The van der Waals surface area contributed by atoms with Crippen LogP contribution in [0.4, 0.5) is 0 Å². The first-order chi connectivity index (χ1) is 13.3. The number of aromatic amines is 1. The SMILES string of the molecule is CC(=O)OC[C@H]1N[C@@H](c2c[nH]c3c(O)ncnc23)[C@@H](OC(C)=O)[C@@H]1OC(C)=O. The highest BCUT2D eigenvalue weighted by molar-refractivity contribution is 5.83. The fourth-order valence-electron chi connectivity index (χ4n) is 3.31. The monoisotopic (exact) mass is 392 g/mol.